The standard InChI is InChI=1S/C14H20N6/c1-20-13-11(8-18-20)12(15-9-16-13)19-10-3-6-17-14(7-10)4-2-5-14/h8-10,17H,2-7H2,1H3,(H,15,16,19). The van der Waals surface area contributed by atoms with Crippen LogP contribution in [-0.4, -0.2) is 37.9 Å². The summed E-state index contributed by atoms with van der Waals surface area (Å²) in [5.74, 6) is 0.921. The molecule has 0 bridgehead atoms. The van der Waals surface area contributed by atoms with Crippen molar-refractivity contribution in [2.75, 3.05) is 11.9 Å². The van der Waals surface area contributed by atoms with Crippen molar-refractivity contribution in [3.05, 3.63) is 12.5 Å². The van der Waals surface area contributed by atoms with E-state index in [1.165, 1.54) is 25.7 Å². The predicted octanol–water partition coefficient (Wildman–Crippen LogP) is 1.45. The number of aromatic nitrogens is 4. The summed E-state index contributed by atoms with van der Waals surface area (Å²) < 4.78 is 1.79. The molecule has 3 heterocycles. The van der Waals surface area contributed by atoms with Crippen LogP contribution < -0.4 is 10.6 Å². The highest BCUT2D eigenvalue weighted by Crippen LogP contribution is 2.39. The Morgan fingerprint density at radius 3 is 3.10 bits per heavy atom. The van der Waals surface area contributed by atoms with Gasteiger partial charge < -0.3 is 10.6 Å². The third kappa shape index (κ3) is 1.86. The Morgan fingerprint density at radius 1 is 1.40 bits per heavy atom. The van der Waals surface area contributed by atoms with Gasteiger partial charge in [0.05, 0.1) is 11.6 Å². The normalized spacial score (nSPS) is 24.8. The quantitative estimate of drug-likeness (QED) is 0.866. The summed E-state index contributed by atoms with van der Waals surface area (Å²) in [4.78, 5) is 8.70. The van der Waals surface area contributed by atoms with Crippen LogP contribution in [-0.2, 0) is 7.05 Å². The number of piperidine rings is 1. The molecule has 1 aliphatic carbocycles. The molecule has 1 saturated carbocycles. The summed E-state index contributed by atoms with van der Waals surface area (Å²) in [6.07, 6.45) is 9.80. The molecule has 0 amide bonds. The SMILES string of the molecule is Cn1ncc2c(NC3CCNC4(CCC4)C3)ncnc21. The fourth-order valence-corrected chi connectivity index (χ4v) is 3.54. The summed E-state index contributed by atoms with van der Waals surface area (Å²) in [5, 5.41) is 12.6. The maximum absolute atomic E-state index is 4.41. The number of rotatable bonds is 2. The molecule has 2 aromatic heterocycles. The smallest absolute Gasteiger partial charge is 0.163 e. The molecule has 106 valence electrons. The molecule has 20 heavy (non-hydrogen) atoms. The van der Waals surface area contributed by atoms with E-state index in [0.717, 1.165) is 29.8 Å². The van der Waals surface area contributed by atoms with E-state index in [1.54, 1.807) is 11.0 Å². The molecule has 1 saturated heterocycles. The molecule has 1 spiro atoms. The van der Waals surface area contributed by atoms with Crippen LogP contribution in [0.4, 0.5) is 5.82 Å². The van der Waals surface area contributed by atoms with Gasteiger partial charge in [0.1, 0.15) is 12.1 Å². The maximum Gasteiger partial charge on any atom is 0.163 e. The van der Waals surface area contributed by atoms with Gasteiger partial charge in [-0.05, 0) is 38.6 Å². The first kappa shape index (κ1) is 12.1. The zero-order chi connectivity index (χ0) is 13.6. The van der Waals surface area contributed by atoms with Crippen molar-refractivity contribution in [1.29, 1.82) is 0 Å². The minimum absolute atomic E-state index is 0.400. The van der Waals surface area contributed by atoms with E-state index in [2.05, 4.69) is 25.7 Å². The first-order chi connectivity index (χ1) is 9.76. The third-order valence-corrected chi connectivity index (χ3v) is 4.81. The van der Waals surface area contributed by atoms with Gasteiger partial charge in [-0.15, -0.1) is 0 Å². The van der Waals surface area contributed by atoms with Gasteiger partial charge >= 0.3 is 0 Å². The molecule has 1 aliphatic heterocycles. The van der Waals surface area contributed by atoms with Crippen LogP contribution in [0, 0.1) is 0 Å². The Hall–Kier alpha value is -1.69. The van der Waals surface area contributed by atoms with E-state index < -0.39 is 0 Å². The summed E-state index contributed by atoms with van der Waals surface area (Å²) in [5.41, 5.74) is 1.28. The van der Waals surface area contributed by atoms with Crippen molar-refractivity contribution in [3.8, 4) is 0 Å². The first-order valence-corrected chi connectivity index (χ1v) is 7.40. The summed E-state index contributed by atoms with van der Waals surface area (Å²) >= 11 is 0. The van der Waals surface area contributed by atoms with Gasteiger partial charge in [-0.2, -0.15) is 5.10 Å². The third-order valence-electron chi connectivity index (χ3n) is 4.81. The Balaban J connectivity index is 1.58. The van der Waals surface area contributed by atoms with Gasteiger partial charge in [-0.1, -0.05) is 0 Å². The van der Waals surface area contributed by atoms with E-state index in [9.17, 15) is 0 Å². The molecule has 6 nitrogen and oxygen atoms in total. The van der Waals surface area contributed by atoms with E-state index in [0.29, 0.717) is 11.6 Å². The van der Waals surface area contributed by atoms with Gasteiger partial charge in [0.15, 0.2) is 5.65 Å². The molecular weight excluding hydrogens is 252 g/mol. The minimum Gasteiger partial charge on any atom is -0.367 e. The van der Waals surface area contributed by atoms with Gasteiger partial charge in [-0.25, -0.2) is 9.97 Å². The highest BCUT2D eigenvalue weighted by Gasteiger charge is 2.40. The average molecular weight is 272 g/mol. The maximum atomic E-state index is 4.41. The molecule has 4 rings (SSSR count). The fourth-order valence-electron chi connectivity index (χ4n) is 3.54. The van der Waals surface area contributed by atoms with Crippen molar-refractivity contribution < 1.29 is 0 Å². The lowest BCUT2D eigenvalue weighted by Crippen LogP contribution is -2.58. The van der Waals surface area contributed by atoms with Crippen LogP contribution in [0.1, 0.15) is 32.1 Å². The lowest BCUT2D eigenvalue weighted by molar-refractivity contribution is 0.135. The van der Waals surface area contributed by atoms with Crippen LogP contribution in [0.3, 0.4) is 0 Å². The first-order valence-electron chi connectivity index (χ1n) is 7.40. The van der Waals surface area contributed by atoms with Gasteiger partial charge in [0.25, 0.3) is 0 Å². The number of aryl methyl sites for hydroxylation is 1. The van der Waals surface area contributed by atoms with Crippen molar-refractivity contribution >= 4 is 16.9 Å². The number of anilines is 1. The molecule has 6 heteroatoms. The van der Waals surface area contributed by atoms with Crippen LogP contribution in [0.5, 0.6) is 0 Å². The Bertz CT molecular complexity index is 630. The minimum atomic E-state index is 0.400. The van der Waals surface area contributed by atoms with Gasteiger partial charge in [-0.3, -0.25) is 4.68 Å². The van der Waals surface area contributed by atoms with Crippen LogP contribution in [0.15, 0.2) is 12.5 Å². The lowest BCUT2D eigenvalue weighted by atomic mass is 9.70. The second-order valence-corrected chi connectivity index (χ2v) is 6.12. The average Bonchev–Trinajstić information content (AvgIpc) is 2.81. The zero-order valence-electron chi connectivity index (χ0n) is 11.8. The summed E-state index contributed by atoms with van der Waals surface area (Å²) in [6.45, 7) is 1.10. The van der Waals surface area contributed by atoms with Crippen molar-refractivity contribution in [2.24, 2.45) is 7.05 Å². The molecule has 2 fully saturated rings. The van der Waals surface area contributed by atoms with Crippen molar-refractivity contribution in [1.82, 2.24) is 25.1 Å². The predicted molar refractivity (Wildman–Crippen MR) is 77.5 cm³/mol. The number of nitrogens with zero attached hydrogens (tertiary/aromatic N) is 4. The van der Waals surface area contributed by atoms with Crippen LogP contribution in [0.2, 0.25) is 0 Å². The molecule has 1 atom stereocenters. The molecule has 2 N–H and O–H groups in total. The number of hydrogen-bond acceptors (Lipinski definition) is 5. The number of hydrogen-bond donors (Lipinski definition) is 2. The molecule has 2 aromatic rings. The molecular formula is C14H20N6. The van der Waals surface area contributed by atoms with E-state index in [-0.39, 0.29) is 0 Å². The molecule has 0 radical (unpaired) electrons. The molecule has 0 aromatic carbocycles. The topological polar surface area (TPSA) is 67.7 Å². The second-order valence-electron chi connectivity index (χ2n) is 6.12. The van der Waals surface area contributed by atoms with Crippen molar-refractivity contribution in [2.45, 2.75) is 43.7 Å². The Morgan fingerprint density at radius 2 is 2.30 bits per heavy atom. The summed E-state index contributed by atoms with van der Waals surface area (Å²) in [7, 11) is 1.91. The summed E-state index contributed by atoms with van der Waals surface area (Å²) in [6, 6.07) is 0.495. The monoisotopic (exact) mass is 272 g/mol. The zero-order valence-corrected chi connectivity index (χ0v) is 11.8. The van der Waals surface area contributed by atoms with Crippen LogP contribution >= 0.6 is 0 Å². The van der Waals surface area contributed by atoms with Gasteiger partial charge in [0, 0.05) is 18.6 Å². The Kier molecular flexibility index (Phi) is 2.66. The second kappa shape index (κ2) is 4.41. The van der Waals surface area contributed by atoms with E-state index in [4.69, 9.17) is 0 Å². The largest absolute Gasteiger partial charge is 0.367 e. The van der Waals surface area contributed by atoms with Crippen molar-refractivity contribution in [3.63, 3.8) is 0 Å². The number of nitrogens with one attached hydrogen (secondary N) is 2. The molecule has 1 unspecified atom stereocenters. The van der Waals surface area contributed by atoms with Gasteiger partial charge in [0.2, 0.25) is 0 Å². The Labute approximate surface area is 118 Å². The molecule has 2 aliphatic rings. The van der Waals surface area contributed by atoms with Crippen LogP contribution in [0.25, 0.3) is 11.0 Å². The van der Waals surface area contributed by atoms with E-state index in [1.807, 2.05) is 13.2 Å². The van der Waals surface area contributed by atoms with E-state index >= 15 is 0 Å². The number of fused-ring (bicyclic) bond motifs is 1. The highest BCUT2D eigenvalue weighted by molar-refractivity contribution is 5.86. The fraction of sp³-hybridized carbons (Fsp3) is 0.643. The lowest BCUT2D eigenvalue weighted by Gasteiger charge is -2.48. The highest BCUT2D eigenvalue weighted by atomic mass is 15.3.